The molecule has 0 spiro atoms. The number of hydrogen-bond acceptors (Lipinski definition) is 3. The number of rotatable bonds is 2. The van der Waals surface area contributed by atoms with Gasteiger partial charge in [0.2, 0.25) is 0 Å². The molecule has 3 heteroatoms. The van der Waals surface area contributed by atoms with Crippen LogP contribution in [0, 0.1) is 18.3 Å². The molecule has 24 heavy (non-hydrogen) atoms. The van der Waals surface area contributed by atoms with Gasteiger partial charge in [0, 0.05) is 11.7 Å². The van der Waals surface area contributed by atoms with E-state index < -0.39 is 0 Å². The summed E-state index contributed by atoms with van der Waals surface area (Å²) in [6.07, 6.45) is 5.50. The Morgan fingerprint density at radius 1 is 1.00 bits per heavy atom. The van der Waals surface area contributed by atoms with E-state index in [0.29, 0.717) is 6.04 Å². The summed E-state index contributed by atoms with van der Waals surface area (Å²) in [6, 6.07) is 17.6. The molecule has 0 amide bonds. The monoisotopic (exact) mass is 317 g/mol. The molecule has 0 N–H and O–H groups in total. The van der Waals surface area contributed by atoms with Gasteiger partial charge in [0.25, 0.3) is 0 Å². The van der Waals surface area contributed by atoms with Gasteiger partial charge in [0.05, 0.1) is 23.0 Å². The second kappa shape index (κ2) is 5.87. The predicted molar refractivity (Wildman–Crippen MR) is 98.7 cm³/mol. The van der Waals surface area contributed by atoms with Gasteiger partial charge in [-0.3, -0.25) is 0 Å². The van der Waals surface area contributed by atoms with Crippen molar-refractivity contribution >= 4 is 17.1 Å². The van der Waals surface area contributed by atoms with E-state index in [0.717, 1.165) is 11.3 Å². The first-order valence-electron chi connectivity index (χ1n) is 8.88. The van der Waals surface area contributed by atoms with Crippen LogP contribution in [0.2, 0.25) is 0 Å². The van der Waals surface area contributed by atoms with Crippen molar-refractivity contribution in [2.75, 3.05) is 9.80 Å². The fourth-order valence-corrected chi connectivity index (χ4v) is 4.37. The van der Waals surface area contributed by atoms with Gasteiger partial charge in [-0.25, -0.2) is 0 Å². The molecule has 0 radical (unpaired) electrons. The highest BCUT2D eigenvalue weighted by atomic mass is 15.4. The number of nitrogens with zero attached hydrogens (tertiary/aromatic N) is 3. The van der Waals surface area contributed by atoms with Crippen LogP contribution in [0.25, 0.3) is 0 Å². The molecule has 1 saturated carbocycles. The molecule has 0 unspecified atom stereocenters. The molecule has 2 aromatic rings. The normalized spacial score (nSPS) is 20.3. The molecule has 1 aliphatic heterocycles. The smallest absolute Gasteiger partial charge is 0.104 e. The highest BCUT2D eigenvalue weighted by Gasteiger charge is 2.38. The molecule has 2 aliphatic rings. The fourth-order valence-electron chi connectivity index (χ4n) is 4.37. The number of fused-ring (bicyclic) bond motifs is 1. The number of para-hydroxylation sites is 2. The average Bonchev–Trinajstić information content (AvgIpc) is 3.21. The average molecular weight is 317 g/mol. The van der Waals surface area contributed by atoms with E-state index in [1.807, 2.05) is 12.1 Å². The first kappa shape index (κ1) is 15.1. The van der Waals surface area contributed by atoms with Crippen LogP contribution in [0.1, 0.15) is 43.7 Å². The molecular weight excluding hydrogens is 294 g/mol. The molecule has 1 aliphatic carbocycles. The van der Waals surface area contributed by atoms with Gasteiger partial charge in [-0.2, -0.15) is 5.26 Å². The van der Waals surface area contributed by atoms with Crippen molar-refractivity contribution in [3.63, 3.8) is 0 Å². The quantitative estimate of drug-likeness (QED) is 0.770. The molecule has 0 saturated heterocycles. The van der Waals surface area contributed by atoms with E-state index in [9.17, 15) is 5.26 Å². The third-order valence-electron chi connectivity index (χ3n) is 5.51. The largest absolute Gasteiger partial charge is 0.346 e. The second-order valence-corrected chi connectivity index (χ2v) is 6.95. The maximum Gasteiger partial charge on any atom is 0.104 e. The lowest BCUT2D eigenvalue weighted by Gasteiger charge is -2.35. The van der Waals surface area contributed by atoms with Gasteiger partial charge in [0.15, 0.2) is 0 Å². The number of nitriles is 1. The van der Waals surface area contributed by atoms with Crippen molar-refractivity contribution in [2.45, 2.75) is 51.7 Å². The van der Waals surface area contributed by atoms with E-state index in [-0.39, 0.29) is 6.17 Å². The minimum Gasteiger partial charge on any atom is -0.346 e. The van der Waals surface area contributed by atoms with Crippen LogP contribution < -0.4 is 9.80 Å². The zero-order valence-corrected chi connectivity index (χ0v) is 14.4. The highest BCUT2D eigenvalue weighted by molar-refractivity contribution is 5.85. The maximum atomic E-state index is 9.30. The zero-order chi connectivity index (χ0) is 16.7. The van der Waals surface area contributed by atoms with Gasteiger partial charge in [-0.15, -0.1) is 0 Å². The summed E-state index contributed by atoms with van der Waals surface area (Å²) in [5.41, 5.74) is 5.67. The van der Waals surface area contributed by atoms with Crippen molar-refractivity contribution < 1.29 is 0 Å². The fraction of sp³-hybridized carbons (Fsp3) is 0.381. The summed E-state index contributed by atoms with van der Waals surface area (Å²) < 4.78 is 0. The first-order chi connectivity index (χ1) is 11.7. The van der Waals surface area contributed by atoms with E-state index in [1.165, 1.54) is 42.6 Å². The van der Waals surface area contributed by atoms with Crippen molar-refractivity contribution in [1.82, 2.24) is 0 Å². The van der Waals surface area contributed by atoms with Gasteiger partial charge in [-0.1, -0.05) is 31.0 Å². The third kappa shape index (κ3) is 2.26. The van der Waals surface area contributed by atoms with Gasteiger partial charge in [0.1, 0.15) is 6.17 Å². The maximum absolute atomic E-state index is 9.30. The Morgan fingerprint density at radius 2 is 1.71 bits per heavy atom. The molecule has 1 heterocycles. The molecule has 122 valence electrons. The SMILES string of the molecule is Cc1ccc(C#N)cc1N1c2ccccc2N(C2CCCC2)[C@H]1C. The molecule has 4 rings (SSSR count). The number of anilines is 3. The minimum atomic E-state index is 0.276. The molecule has 3 nitrogen and oxygen atoms in total. The Kier molecular flexibility index (Phi) is 3.69. The third-order valence-corrected chi connectivity index (χ3v) is 5.51. The van der Waals surface area contributed by atoms with Crippen LogP contribution in [0.15, 0.2) is 42.5 Å². The molecule has 1 fully saturated rings. The molecule has 0 bridgehead atoms. The summed E-state index contributed by atoms with van der Waals surface area (Å²) in [7, 11) is 0. The van der Waals surface area contributed by atoms with Crippen LogP contribution in [0.4, 0.5) is 17.1 Å². The number of hydrogen-bond donors (Lipinski definition) is 0. The van der Waals surface area contributed by atoms with E-state index >= 15 is 0 Å². The minimum absolute atomic E-state index is 0.276. The Bertz CT molecular complexity index is 799. The van der Waals surface area contributed by atoms with E-state index in [1.54, 1.807) is 0 Å². The van der Waals surface area contributed by atoms with Crippen molar-refractivity contribution in [1.29, 1.82) is 5.26 Å². The lowest BCUT2D eigenvalue weighted by Crippen LogP contribution is -2.44. The first-order valence-corrected chi connectivity index (χ1v) is 8.88. The Hall–Kier alpha value is -2.47. The molecule has 1 atom stereocenters. The van der Waals surface area contributed by atoms with Crippen molar-refractivity contribution in [3.05, 3.63) is 53.6 Å². The number of aryl methyl sites for hydroxylation is 1. The highest BCUT2D eigenvalue weighted by Crippen LogP contribution is 2.47. The summed E-state index contributed by atoms with van der Waals surface area (Å²) >= 11 is 0. The van der Waals surface area contributed by atoms with Gasteiger partial charge < -0.3 is 9.80 Å². The van der Waals surface area contributed by atoms with Crippen LogP contribution in [0.5, 0.6) is 0 Å². The molecular formula is C21H23N3. The lowest BCUT2D eigenvalue weighted by atomic mass is 10.1. The van der Waals surface area contributed by atoms with E-state index in [2.05, 4.69) is 60.0 Å². The van der Waals surface area contributed by atoms with Crippen LogP contribution >= 0.6 is 0 Å². The Balaban J connectivity index is 1.83. The Morgan fingerprint density at radius 3 is 2.42 bits per heavy atom. The van der Waals surface area contributed by atoms with Crippen LogP contribution in [-0.2, 0) is 0 Å². The topological polar surface area (TPSA) is 30.3 Å². The number of benzene rings is 2. The Labute approximate surface area is 144 Å². The standard InChI is InChI=1S/C21H23N3/c1-15-11-12-17(14-22)13-21(15)24-16(2)23(18-7-3-4-8-18)19-9-5-6-10-20(19)24/h5-6,9-13,16,18H,3-4,7-8H2,1-2H3/t16-/m1/s1. The summed E-state index contributed by atoms with van der Waals surface area (Å²) in [5.74, 6) is 0. The molecule has 0 aromatic heterocycles. The predicted octanol–water partition coefficient (Wildman–Crippen LogP) is 5.11. The van der Waals surface area contributed by atoms with Crippen molar-refractivity contribution in [3.8, 4) is 6.07 Å². The molecule has 2 aromatic carbocycles. The van der Waals surface area contributed by atoms with Crippen LogP contribution in [-0.4, -0.2) is 12.2 Å². The summed E-state index contributed by atoms with van der Waals surface area (Å²) in [6.45, 7) is 4.42. The van der Waals surface area contributed by atoms with Crippen LogP contribution in [0.3, 0.4) is 0 Å². The second-order valence-electron chi connectivity index (χ2n) is 6.95. The van der Waals surface area contributed by atoms with Gasteiger partial charge >= 0.3 is 0 Å². The van der Waals surface area contributed by atoms with Crippen molar-refractivity contribution in [2.24, 2.45) is 0 Å². The lowest BCUT2D eigenvalue weighted by molar-refractivity contribution is 0.554. The van der Waals surface area contributed by atoms with E-state index in [4.69, 9.17) is 0 Å². The summed E-state index contributed by atoms with van der Waals surface area (Å²) in [4.78, 5) is 5.00. The summed E-state index contributed by atoms with van der Waals surface area (Å²) in [5, 5.41) is 9.30. The zero-order valence-electron chi connectivity index (χ0n) is 14.4. The van der Waals surface area contributed by atoms with Gasteiger partial charge in [-0.05, 0) is 56.5 Å².